The van der Waals surface area contributed by atoms with E-state index in [9.17, 15) is 14.7 Å². The zero-order chi connectivity index (χ0) is 10.3. The standard InChI is InChI=1S/C8H14NO4/c1-9(2)5-6-13-8(12)4-3-7(10)11/h3-6H2,1-2H3. The van der Waals surface area contributed by atoms with Gasteiger partial charge in [-0.15, -0.1) is 0 Å². The molecule has 0 spiro atoms. The Labute approximate surface area is 77.3 Å². The third-order valence-electron chi connectivity index (χ3n) is 1.33. The molecule has 0 amide bonds. The second kappa shape index (κ2) is 6.42. The molecule has 0 heterocycles. The predicted octanol–water partition coefficient (Wildman–Crippen LogP) is -0.172. The number of ether oxygens (including phenoxy) is 1. The molecule has 0 aromatic rings. The fourth-order valence-corrected chi connectivity index (χ4v) is 0.618. The summed E-state index contributed by atoms with van der Waals surface area (Å²) in [5.74, 6) is -1.73. The Morgan fingerprint density at radius 3 is 2.31 bits per heavy atom. The lowest BCUT2D eigenvalue weighted by atomic mass is 10.3. The van der Waals surface area contributed by atoms with Crippen LogP contribution in [-0.4, -0.2) is 44.1 Å². The number of nitrogens with zero attached hydrogens (tertiary/aromatic N) is 1. The molecule has 0 aliphatic carbocycles. The largest absolute Gasteiger partial charge is 0.464 e. The van der Waals surface area contributed by atoms with Gasteiger partial charge in [0.2, 0.25) is 0 Å². The van der Waals surface area contributed by atoms with E-state index in [4.69, 9.17) is 4.74 Å². The van der Waals surface area contributed by atoms with E-state index >= 15 is 0 Å². The lowest BCUT2D eigenvalue weighted by Gasteiger charge is -2.09. The molecule has 75 valence electrons. The lowest BCUT2D eigenvalue weighted by molar-refractivity contribution is -0.150. The molecule has 0 aliphatic rings. The third-order valence-corrected chi connectivity index (χ3v) is 1.33. The van der Waals surface area contributed by atoms with Gasteiger partial charge in [-0.25, -0.2) is 9.90 Å². The lowest BCUT2D eigenvalue weighted by Crippen LogP contribution is -2.20. The SMILES string of the molecule is CN(C)CCOC(=O)CCC([O])=O. The van der Waals surface area contributed by atoms with Gasteiger partial charge in [0.25, 0.3) is 0 Å². The molecule has 0 N–H and O–H groups in total. The van der Waals surface area contributed by atoms with Crippen LogP contribution in [0.15, 0.2) is 0 Å². The molecule has 0 rings (SSSR count). The van der Waals surface area contributed by atoms with E-state index in [0.29, 0.717) is 13.2 Å². The van der Waals surface area contributed by atoms with Gasteiger partial charge in [-0.1, -0.05) is 0 Å². The van der Waals surface area contributed by atoms with Gasteiger partial charge in [0.15, 0.2) is 0 Å². The number of hydrogen-bond donors (Lipinski definition) is 0. The molecule has 0 atom stereocenters. The van der Waals surface area contributed by atoms with Crippen LogP contribution in [0.1, 0.15) is 12.8 Å². The fraction of sp³-hybridized carbons (Fsp3) is 0.750. The predicted molar refractivity (Wildman–Crippen MR) is 44.4 cm³/mol. The first kappa shape index (κ1) is 11.9. The average Bonchev–Trinajstić information content (AvgIpc) is 2.00. The van der Waals surface area contributed by atoms with E-state index in [1.165, 1.54) is 0 Å². The Morgan fingerprint density at radius 1 is 1.23 bits per heavy atom. The molecule has 0 aromatic carbocycles. The summed E-state index contributed by atoms with van der Waals surface area (Å²) in [6.07, 6.45) is -0.392. The molecule has 0 bridgehead atoms. The van der Waals surface area contributed by atoms with E-state index < -0.39 is 11.9 Å². The van der Waals surface area contributed by atoms with Gasteiger partial charge in [-0.05, 0) is 14.1 Å². The average molecular weight is 188 g/mol. The van der Waals surface area contributed by atoms with Gasteiger partial charge in [-0.3, -0.25) is 4.79 Å². The molecule has 13 heavy (non-hydrogen) atoms. The van der Waals surface area contributed by atoms with Crippen molar-refractivity contribution in [2.45, 2.75) is 12.8 Å². The Kier molecular flexibility index (Phi) is 5.88. The van der Waals surface area contributed by atoms with E-state index in [1.807, 2.05) is 19.0 Å². The first-order valence-corrected chi connectivity index (χ1v) is 4.02. The summed E-state index contributed by atoms with van der Waals surface area (Å²) in [6.45, 7) is 0.927. The van der Waals surface area contributed by atoms with Crippen molar-refractivity contribution in [3.63, 3.8) is 0 Å². The van der Waals surface area contributed by atoms with Crippen LogP contribution in [0.25, 0.3) is 0 Å². The summed E-state index contributed by atoms with van der Waals surface area (Å²) < 4.78 is 4.73. The molecule has 0 aliphatic heterocycles. The number of hydrogen-bond acceptors (Lipinski definition) is 4. The van der Waals surface area contributed by atoms with E-state index in [1.54, 1.807) is 0 Å². The van der Waals surface area contributed by atoms with Crippen molar-refractivity contribution < 1.29 is 19.4 Å². The van der Waals surface area contributed by atoms with Gasteiger partial charge >= 0.3 is 11.9 Å². The molecule has 0 saturated heterocycles. The van der Waals surface area contributed by atoms with Crippen molar-refractivity contribution in [3.8, 4) is 0 Å². The minimum Gasteiger partial charge on any atom is -0.464 e. The normalized spacial score (nSPS) is 10.1. The highest BCUT2D eigenvalue weighted by atomic mass is 16.5. The highest BCUT2D eigenvalue weighted by molar-refractivity contribution is 5.76. The van der Waals surface area contributed by atoms with Crippen LogP contribution in [0.4, 0.5) is 0 Å². The van der Waals surface area contributed by atoms with Crippen molar-refractivity contribution >= 4 is 11.9 Å². The Hall–Kier alpha value is -1.10. The number of likely N-dealkylation sites (N-methyl/N-ethyl adjacent to an activating group) is 1. The van der Waals surface area contributed by atoms with Crippen LogP contribution in [0.3, 0.4) is 0 Å². The summed E-state index contributed by atoms with van der Waals surface area (Å²) in [7, 11) is 3.71. The smallest absolute Gasteiger partial charge is 0.356 e. The van der Waals surface area contributed by atoms with Crippen LogP contribution >= 0.6 is 0 Å². The Bertz CT molecular complexity index is 179. The molecule has 5 nitrogen and oxygen atoms in total. The summed E-state index contributed by atoms with van der Waals surface area (Å²) in [5, 5.41) is 9.96. The van der Waals surface area contributed by atoms with E-state index in [2.05, 4.69) is 0 Å². The van der Waals surface area contributed by atoms with E-state index in [0.717, 1.165) is 0 Å². The van der Waals surface area contributed by atoms with Crippen LogP contribution in [0, 0.1) is 0 Å². The third kappa shape index (κ3) is 8.81. The van der Waals surface area contributed by atoms with Crippen molar-refractivity contribution in [2.75, 3.05) is 27.2 Å². The zero-order valence-corrected chi connectivity index (χ0v) is 7.91. The minimum atomic E-state index is -1.23. The van der Waals surface area contributed by atoms with Gasteiger partial charge < -0.3 is 9.64 Å². The number of rotatable bonds is 6. The maximum absolute atomic E-state index is 10.8. The second-order valence-electron chi connectivity index (χ2n) is 2.90. The summed E-state index contributed by atoms with van der Waals surface area (Å²) in [4.78, 5) is 22.6. The number of carbonyl (C=O) groups excluding carboxylic acids is 2. The molecule has 0 aromatic heterocycles. The maximum Gasteiger partial charge on any atom is 0.356 e. The van der Waals surface area contributed by atoms with Gasteiger partial charge in [0, 0.05) is 6.54 Å². The first-order chi connectivity index (χ1) is 6.02. The van der Waals surface area contributed by atoms with Crippen molar-refractivity contribution in [2.24, 2.45) is 0 Å². The van der Waals surface area contributed by atoms with Crippen LogP contribution in [0.2, 0.25) is 0 Å². The molecule has 5 heteroatoms. The molecule has 0 fully saturated rings. The molecule has 1 radical (unpaired) electrons. The first-order valence-electron chi connectivity index (χ1n) is 4.02. The molecule has 0 unspecified atom stereocenters. The quantitative estimate of drug-likeness (QED) is 0.543. The van der Waals surface area contributed by atoms with Crippen LogP contribution in [-0.2, 0) is 19.4 Å². The topological polar surface area (TPSA) is 66.5 Å². The van der Waals surface area contributed by atoms with Gasteiger partial charge in [0.1, 0.15) is 6.61 Å². The minimum absolute atomic E-state index is 0.115. The highest BCUT2D eigenvalue weighted by Gasteiger charge is 2.07. The van der Waals surface area contributed by atoms with E-state index in [-0.39, 0.29) is 12.8 Å². The molecular formula is C8H14NO4. The number of carbonyl (C=O) groups is 2. The molecular weight excluding hydrogens is 174 g/mol. The van der Waals surface area contributed by atoms with Gasteiger partial charge in [-0.2, -0.15) is 0 Å². The van der Waals surface area contributed by atoms with Crippen molar-refractivity contribution in [3.05, 3.63) is 0 Å². The van der Waals surface area contributed by atoms with Gasteiger partial charge in [0.05, 0.1) is 12.8 Å². The van der Waals surface area contributed by atoms with Crippen molar-refractivity contribution in [1.82, 2.24) is 4.90 Å². The monoisotopic (exact) mass is 188 g/mol. The summed E-state index contributed by atoms with van der Waals surface area (Å²) >= 11 is 0. The Morgan fingerprint density at radius 2 is 1.85 bits per heavy atom. The van der Waals surface area contributed by atoms with Crippen molar-refractivity contribution in [1.29, 1.82) is 0 Å². The second-order valence-corrected chi connectivity index (χ2v) is 2.90. The van der Waals surface area contributed by atoms with Crippen LogP contribution < -0.4 is 0 Å². The van der Waals surface area contributed by atoms with Crippen LogP contribution in [0.5, 0.6) is 0 Å². The maximum atomic E-state index is 10.8. The Balaban J connectivity index is 3.36. The zero-order valence-electron chi connectivity index (χ0n) is 7.91. The summed E-state index contributed by atoms with van der Waals surface area (Å²) in [5.41, 5.74) is 0. The summed E-state index contributed by atoms with van der Waals surface area (Å²) in [6, 6.07) is 0. The highest BCUT2D eigenvalue weighted by Crippen LogP contribution is 1.93. The molecule has 0 saturated carbocycles. The fourth-order valence-electron chi connectivity index (χ4n) is 0.618. The number of esters is 1.